The molecule has 0 aromatic carbocycles. The Bertz CT molecular complexity index is 435. The van der Waals surface area contributed by atoms with Crippen LogP contribution in [0, 0.1) is 13.8 Å². The summed E-state index contributed by atoms with van der Waals surface area (Å²) in [7, 11) is 0. The first-order chi connectivity index (χ1) is 7.34. The Morgan fingerprint density at radius 2 is 2.00 bits per heavy atom. The van der Waals surface area contributed by atoms with E-state index in [1.165, 1.54) is 6.92 Å². The summed E-state index contributed by atoms with van der Waals surface area (Å²) in [4.78, 5) is 21.9. The van der Waals surface area contributed by atoms with Crippen LogP contribution in [0.5, 0.6) is 0 Å². The number of carboxylic acids is 1. The highest BCUT2D eigenvalue weighted by molar-refractivity contribution is 5.96. The molecule has 0 aliphatic carbocycles. The molecule has 1 rings (SSSR count). The normalized spacial score (nSPS) is 12.5. The highest BCUT2D eigenvalue weighted by Gasteiger charge is 2.18. The van der Waals surface area contributed by atoms with Gasteiger partial charge in [0.2, 0.25) is 0 Å². The fraction of sp³-hybridized carbons (Fsp3) is 0.545. The van der Waals surface area contributed by atoms with E-state index in [4.69, 9.17) is 0 Å². The van der Waals surface area contributed by atoms with E-state index >= 15 is 0 Å². The predicted octanol–water partition coefficient (Wildman–Crippen LogP) is 0.404. The lowest BCUT2D eigenvalue weighted by Crippen LogP contribution is -2.26. The van der Waals surface area contributed by atoms with Crippen molar-refractivity contribution in [3.8, 4) is 0 Å². The standard InChI is InChI=1S/C11H16N2O3/c1-6(5-10(15)16)13-8(3)11(9(4)14)7(2)12-13/h6H,5H2,1-4H3,(H,15,16)/p-1/t6-/m0/s1. The van der Waals surface area contributed by atoms with Crippen molar-refractivity contribution in [3.05, 3.63) is 17.0 Å². The molecule has 0 unspecified atom stereocenters. The molecule has 0 aliphatic rings. The Balaban J connectivity index is 3.12. The Labute approximate surface area is 94.1 Å². The van der Waals surface area contributed by atoms with Gasteiger partial charge in [0.1, 0.15) is 0 Å². The van der Waals surface area contributed by atoms with Crippen molar-refractivity contribution < 1.29 is 14.7 Å². The first-order valence-corrected chi connectivity index (χ1v) is 5.11. The number of rotatable bonds is 4. The molecular weight excluding hydrogens is 208 g/mol. The molecule has 0 spiro atoms. The number of aromatic nitrogens is 2. The first kappa shape index (κ1) is 12.4. The molecule has 16 heavy (non-hydrogen) atoms. The third-order valence-electron chi connectivity index (χ3n) is 2.56. The molecule has 0 bridgehead atoms. The molecule has 1 heterocycles. The molecule has 0 amide bonds. The maximum Gasteiger partial charge on any atom is 0.163 e. The third-order valence-corrected chi connectivity index (χ3v) is 2.56. The predicted molar refractivity (Wildman–Crippen MR) is 56.0 cm³/mol. The Kier molecular flexibility index (Phi) is 3.47. The second kappa shape index (κ2) is 4.47. The van der Waals surface area contributed by atoms with Crippen molar-refractivity contribution in [1.82, 2.24) is 9.78 Å². The summed E-state index contributed by atoms with van der Waals surface area (Å²) in [6, 6.07) is -0.309. The van der Waals surface area contributed by atoms with Crippen LogP contribution in [0.1, 0.15) is 48.1 Å². The Morgan fingerprint density at radius 3 is 2.38 bits per heavy atom. The summed E-state index contributed by atoms with van der Waals surface area (Å²) in [5.41, 5.74) is 1.92. The molecule has 0 saturated carbocycles. The van der Waals surface area contributed by atoms with Crippen molar-refractivity contribution in [2.24, 2.45) is 0 Å². The number of carbonyl (C=O) groups excluding carboxylic acids is 2. The van der Waals surface area contributed by atoms with Gasteiger partial charge in [0.25, 0.3) is 0 Å². The van der Waals surface area contributed by atoms with Gasteiger partial charge in [0, 0.05) is 18.1 Å². The van der Waals surface area contributed by atoms with Crippen LogP contribution in [0.3, 0.4) is 0 Å². The molecule has 1 atom stereocenters. The Morgan fingerprint density at radius 1 is 1.44 bits per heavy atom. The van der Waals surface area contributed by atoms with Crippen LogP contribution in [0.25, 0.3) is 0 Å². The van der Waals surface area contributed by atoms with Crippen LogP contribution < -0.4 is 5.11 Å². The van der Waals surface area contributed by atoms with Gasteiger partial charge in [-0.1, -0.05) is 0 Å². The molecule has 1 aromatic rings. The van der Waals surface area contributed by atoms with Gasteiger partial charge in [-0.15, -0.1) is 0 Å². The van der Waals surface area contributed by atoms with E-state index in [2.05, 4.69) is 5.10 Å². The number of hydrogen-bond donors (Lipinski definition) is 0. The number of aliphatic carboxylic acids is 1. The van der Waals surface area contributed by atoms with E-state index in [9.17, 15) is 14.7 Å². The number of nitrogens with zero attached hydrogens (tertiary/aromatic N) is 2. The van der Waals surface area contributed by atoms with Crippen LogP contribution in [-0.4, -0.2) is 21.5 Å². The average molecular weight is 223 g/mol. The fourth-order valence-corrected chi connectivity index (χ4v) is 1.93. The molecule has 1 aromatic heterocycles. The summed E-state index contributed by atoms with van der Waals surface area (Å²) >= 11 is 0. The van der Waals surface area contributed by atoms with E-state index in [-0.39, 0.29) is 18.2 Å². The number of ketones is 1. The minimum absolute atomic E-state index is 0.0538. The average Bonchev–Trinajstić information content (AvgIpc) is 2.40. The topological polar surface area (TPSA) is 75.0 Å². The second-order valence-electron chi connectivity index (χ2n) is 3.97. The van der Waals surface area contributed by atoms with E-state index in [0.29, 0.717) is 17.0 Å². The lowest BCUT2D eigenvalue weighted by molar-refractivity contribution is -0.306. The van der Waals surface area contributed by atoms with E-state index in [0.717, 1.165) is 0 Å². The van der Waals surface area contributed by atoms with Gasteiger partial charge in [-0.05, 0) is 27.7 Å². The highest BCUT2D eigenvalue weighted by atomic mass is 16.4. The van der Waals surface area contributed by atoms with Crippen molar-refractivity contribution >= 4 is 11.8 Å². The summed E-state index contributed by atoms with van der Waals surface area (Å²) < 4.78 is 1.57. The van der Waals surface area contributed by atoms with Crippen LogP contribution in [-0.2, 0) is 4.79 Å². The van der Waals surface area contributed by atoms with Crippen LogP contribution in [0.4, 0.5) is 0 Å². The maximum absolute atomic E-state index is 11.4. The maximum atomic E-state index is 11.4. The van der Waals surface area contributed by atoms with Gasteiger partial charge in [-0.25, -0.2) is 0 Å². The largest absolute Gasteiger partial charge is 0.550 e. The number of carboxylic acid groups (broad SMARTS) is 1. The molecule has 5 heteroatoms. The molecule has 88 valence electrons. The summed E-state index contributed by atoms with van der Waals surface area (Å²) in [5.74, 6) is -1.17. The van der Waals surface area contributed by atoms with Crippen LogP contribution in [0.2, 0.25) is 0 Å². The summed E-state index contributed by atoms with van der Waals surface area (Å²) in [6.07, 6.45) is -0.112. The zero-order valence-corrected chi connectivity index (χ0v) is 9.90. The monoisotopic (exact) mass is 223 g/mol. The number of aryl methyl sites for hydroxylation is 1. The summed E-state index contributed by atoms with van der Waals surface area (Å²) in [5, 5.41) is 14.7. The molecule has 5 nitrogen and oxygen atoms in total. The molecule has 0 aliphatic heterocycles. The third kappa shape index (κ3) is 2.29. The summed E-state index contributed by atoms with van der Waals surface area (Å²) in [6.45, 7) is 6.72. The smallest absolute Gasteiger partial charge is 0.163 e. The molecular formula is C11H15N2O3-. The van der Waals surface area contributed by atoms with E-state index in [1.54, 1.807) is 25.5 Å². The van der Waals surface area contributed by atoms with Gasteiger partial charge < -0.3 is 9.90 Å². The van der Waals surface area contributed by atoms with Crippen molar-refractivity contribution in [1.29, 1.82) is 0 Å². The molecule has 0 fully saturated rings. The van der Waals surface area contributed by atoms with Gasteiger partial charge in [-0.2, -0.15) is 5.10 Å². The van der Waals surface area contributed by atoms with Gasteiger partial charge in [0.15, 0.2) is 5.78 Å². The lowest BCUT2D eigenvalue weighted by atomic mass is 10.1. The number of hydrogen-bond acceptors (Lipinski definition) is 4. The second-order valence-corrected chi connectivity index (χ2v) is 3.97. The molecule has 0 N–H and O–H groups in total. The zero-order chi connectivity index (χ0) is 12.5. The number of carbonyl (C=O) groups is 2. The van der Waals surface area contributed by atoms with E-state index in [1.807, 2.05) is 0 Å². The fourth-order valence-electron chi connectivity index (χ4n) is 1.93. The number of Topliss-reactive ketones (excluding diaryl/α,β-unsaturated/α-hetero) is 1. The van der Waals surface area contributed by atoms with Gasteiger partial charge in [-0.3, -0.25) is 9.48 Å². The van der Waals surface area contributed by atoms with Crippen LogP contribution >= 0.6 is 0 Å². The highest BCUT2D eigenvalue weighted by Crippen LogP contribution is 2.19. The minimum atomic E-state index is -1.12. The van der Waals surface area contributed by atoms with Crippen molar-refractivity contribution in [2.75, 3.05) is 0 Å². The quantitative estimate of drug-likeness (QED) is 0.692. The SMILES string of the molecule is CC(=O)c1c(C)nn([C@@H](C)CC(=O)[O-])c1C. The van der Waals surface area contributed by atoms with Gasteiger partial charge in [0.05, 0.1) is 17.3 Å². The minimum Gasteiger partial charge on any atom is -0.550 e. The Hall–Kier alpha value is -1.65. The van der Waals surface area contributed by atoms with E-state index < -0.39 is 5.97 Å². The van der Waals surface area contributed by atoms with Crippen molar-refractivity contribution in [2.45, 2.75) is 40.2 Å². The van der Waals surface area contributed by atoms with Crippen LogP contribution in [0.15, 0.2) is 0 Å². The van der Waals surface area contributed by atoms with Gasteiger partial charge >= 0.3 is 0 Å². The van der Waals surface area contributed by atoms with Crippen molar-refractivity contribution in [3.63, 3.8) is 0 Å². The molecule has 0 radical (unpaired) electrons. The zero-order valence-electron chi connectivity index (χ0n) is 9.90. The first-order valence-electron chi connectivity index (χ1n) is 5.11. The lowest BCUT2D eigenvalue weighted by Gasteiger charge is -2.14. The molecule has 0 saturated heterocycles.